The Morgan fingerprint density at radius 3 is 2.90 bits per heavy atom. The number of fused-ring (bicyclic) bond motifs is 1. The van der Waals surface area contributed by atoms with Crippen molar-refractivity contribution < 1.29 is 18.4 Å². The van der Waals surface area contributed by atoms with E-state index >= 15 is 0 Å². The Hall–Kier alpha value is -1.63. The molecule has 2 fully saturated rings. The number of halogens is 2. The summed E-state index contributed by atoms with van der Waals surface area (Å²) in [5, 5.41) is 2.55. The lowest BCUT2D eigenvalue weighted by Crippen LogP contribution is -2.48. The third-order valence-electron chi connectivity index (χ3n) is 3.93. The molecular weight excluding hydrogens is 298 g/mol. The Bertz CT molecular complexity index is 625. The molecule has 0 unspecified atom stereocenters. The summed E-state index contributed by atoms with van der Waals surface area (Å²) in [6.45, 7) is 1.95. The Kier molecular flexibility index (Phi) is 3.39. The standard InChI is InChI=1S/C14H14F2N2O2S/c1-14-5-4-12(19)18(14)11(7-21-14)13(20)17-8-2-3-9(15)10(16)6-8/h2-3,6,11H,4-5,7H2,1H3,(H,17,20)/t11-,14-/m1/s1. The van der Waals surface area contributed by atoms with Crippen LogP contribution >= 0.6 is 11.8 Å². The van der Waals surface area contributed by atoms with Crippen LogP contribution in [0.3, 0.4) is 0 Å². The van der Waals surface area contributed by atoms with Crippen molar-refractivity contribution in [1.82, 2.24) is 4.90 Å². The van der Waals surface area contributed by atoms with Crippen LogP contribution in [-0.4, -0.2) is 33.4 Å². The van der Waals surface area contributed by atoms with Gasteiger partial charge in [0.1, 0.15) is 6.04 Å². The quantitative estimate of drug-likeness (QED) is 0.912. The van der Waals surface area contributed by atoms with Crippen molar-refractivity contribution in [1.29, 1.82) is 0 Å². The lowest BCUT2D eigenvalue weighted by Gasteiger charge is -2.29. The number of hydrogen-bond acceptors (Lipinski definition) is 3. The monoisotopic (exact) mass is 312 g/mol. The van der Waals surface area contributed by atoms with E-state index in [4.69, 9.17) is 0 Å². The fourth-order valence-electron chi connectivity index (χ4n) is 2.81. The van der Waals surface area contributed by atoms with Crippen LogP contribution in [0.5, 0.6) is 0 Å². The molecule has 2 amide bonds. The number of hydrogen-bond donors (Lipinski definition) is 1. The second-order valence-electron chi connectivity index (χ2n) is 5.38. The molecule has 21 heavy (non-hydrogen) atoms. The van der Waals surface area contributed by atoms with E-state index in [0.717, 1.165) is 18.6 Å². The first-order valence-corrected chi connectivity index (χ1v) is 7.61. The maximum Gasteiger partial charge on any atom is 0.248 e. The van der Waals surface area contributed by atoms with Gasteiger partial charge >= 0.3 is 0 Å². The minimum absolute atomic E-state index is 0.0343. The predicted octanol–water partition coefficient (Wildman–Crippen LogP) is 2.36. The van der Waals surface area contributed by atoms with Crippen LogP contribution in [-0.2, 0) is 9.59 Å². The number of nitrogens with zero attached hydrogens (tertiary/aromatic N) is 1. The zero-order valence-electron chi connectivity index (χ0n) is 11.4. The van der Waals surface area contributed by atoms with E-state index in [1.54, 1.807) is 16.7 Å². The van der Waals surface area contributed by atoms with Gasteiger partial charge in [0.15, 0.2) is 11.6 Å². The zero-order valence-corrected chi connectivity index (χ0v) is 12.2. The largest absolute Gasteiger partial charge is 0.324 e. The number of anilines is 1. The van der Waals surface area contributed by atoms with Crippen molar-refractivity contribution >= 4 is 29.3 Å². The van der Waals surface area contributed by atoms with Gasteiger partial charge in [0, 0.05) is 23.9 Å². The van der Waals surface area contributed by atoms with Crippen LogP contribution in [0.1, 0.15) is 19.8 Å². The van der Waals surface area contributed by atoms with Gasteiger partial charge in [-0.15, -0.1) is 11.8 Å². The third-order valence-corrected chi connectivity index (χ3v) is 5.44. The van der Waals surface area contributed by atoms with Crippen LogP contribution in [0.25, 0.3) is 0 Å². The predicted molar refractivity (Wildman–Crippen MR) is 75.7 cm³/mol. The lowest BCUT2D eigenvalue weighted by atomic mass is 10.2. The van der Waals surface area contributed by atoms with Crippen LogP contribution in [0.15, 0.2) is 18.2 Å². The summed E-state index contributed by atoms with van der Waals surface area (Å²) in [5.74, 6) is -1.87. The highest BCUT2D eigenvalue weighted by atomic mass is 32.2. The maximum absolute atomic E-state index is 13.1. The first-order chi connectivity index (χ1) is 9.90. The van der Waals surface area contributed by atoms with Crippen LogP contribution < -0.4 is 5.32 Å². The Morgan fingerprint density at radius 2 is 2.19 bits per heavy atom. The zero-order chi connectivity index (χ0) is 15.2. The van der Waals surface area contributed by atoms with Crippen molar-refractivity contribution in [3.8, 4) is 0 Å². The minimum atomic E-state index is -1.02. The van der Waals surface area contributed by atoms with Crippen molar-refractivity contribution in [2.45, 2.75) is 30.7 Å². The third kappa shape index (κ3) is 2.39. The first-order valence-electron chi connectivity index (χ1n) is 6.63. The average molecular weight is 312 g/mol. The van der Waals surface area contributed by atoms with E-state index in [-0.39, 0.29) is 22.4 Å². The molecule has 0 saturated carbocycles. The molecule has 0 aromatic heterocycles. The number of rotatable bonds is 2. The van der Waals surface area contributed by atoms with Gasteiger partial charge in [0.05, 0.1) is 4.87 Å². The second-order valence-corrected chi connectivity index (χ2v) is 6.89. The highest BCUT2D eigenvalue weighted by Crippen LogP contribution is 2.47. The van der Waals surface area contributed by atoms with E-state index < -0.39 is 17.7 Å². The fraction of sp³-hybridized carbons (Fsp3) is 0.429. The molecule has 1 aromatic carbocycles. The van der Waals surface area contributed by atoms with Crippen molar-refractivity contribution in [3.63, 3.8) is 0 Å². The topological polar surface area (TPSA) is 49.4 Å². The van der Waals surface area contributed by atoms with E-state index in [0.29, 0.717) is 12.2 Å². The molecule has 0 radical (unpaired) electrons. The smallest absolute Gasteiger partial charge is 0.248 e. The summed E-state index contributed by atoms with van der Waals surface area (Å²) in [7, 11) is 0. The number of amides is 2. The molecule has 0 aliphatic carbocycles. The molecular formula is C14H14F2N2O2S. The molecule has 2 saturated heterocycles. The van der Waals surface area contributed by atoms with E-state index in [9.17, 15) is 18.4 Å². The fourth-order valence-corrected chi connectivity index (χ4v) is 4.25. The van der Waals surface area contributed by atoms with Gasteiger partial charge in [-0.1, -0.05) is 0 Å². The van der Waals surface area contributed by atoms with Crippen LogP contribution in [0.4, 0.5) is 14.5 Å². The summed E-state index contributed by atoms with van der Waals surface area (Å²) in [5.41, 5.74) is 0.184. The molecule has 2 aliphatic heterocycles. The lowest BCUT2D eigenvalue weighted by molar-refractivity contribution is -0.135. The molecule has 1 N–H and O–H groups in total. The number of thioether (sulfide) groups is 1. The molecule has 2 aliphatic rings. The Balaban J connectivity index is 1.77. The molecule has 0 spiro atoms. The van der Waals surface area contributed by atoms with Crippen molar-refractivity contribution in [2.24, 2.45) is 0 Å². The van der Waals surface area contributed by atoms with Gasteiger partial charge in [-0.25, -0.2) is 8.78 Å². The Morgan fingerprint density at radius 1 is 1.43 bits per heavy atom. The minimum Gasteiger partial charge on any atom is -0.324 e. The average Bonchev–Trinajstić information content (AvgIpc) is 2.91. The first kappa shape index (κ1) is 14.3. The molecule has 3 rings (SSSR count). The molecule has 4 nitrogen and oxygen atoms in total. The van der Waals surface area contributed by atoms with Gasteiger partial charge in [-0.2, -0.15) is 0 Å². The molecule has 1 aromatic rings. The van der Waals surface area contributed by atoms with Gasteiger partial charge in [0.25, 0.3) is 0 Å². The normalized spacial score (nSPS) is 27.9. The van der Waals surface area contributed by atoms with E-state index in [1.165, 1.54) is 6.07 Å². The summed E-state index contributed by atoms with van der Waals surface area (Å²) in [6.07, 6.45) is 1.17. The summed E-state index contributed by atoms with van der Waals surface area (Å²) in [4.78, 5) is 25.5. The molecule has 2 heterocycles. The SMILES string of the molecule is C[C@@]12CCC(=O)N1[C@@H](C(=O)Nc1ccc(F)c(F)c1)CS2. The number of carbonyl (C=O) groups excluding carboxylic acids is 2. The summed E-state index contributed by atoms with van der Waals surface area (Å²) in [6, 6.07) is 2.62. The van der Waals surface area contributed by atoms with Gasteiger partial charge in [0.2, 0.25) is 11.8 Å². The Labute approximate surface area is 124 Å². The van der Waals surface area contributed by atoms with Gasteiger partial charge in [-0.3, -0.25) is 9.59 Å². The van der Waals surface area contributed by atoms with Crippen molar-refractivity contribution in [3.05, 3.63) is 29.8 Å². The highest BCUT2D eigenvalue weighted by Gasteiger charge is 2.52. The van der Waals surface area contributed by atoms with Crippen LogP contribution in [0.2, 0.25) is 0 Å². The highest BCUT2D eigenvalue weighted by molar-refractivity contribution is 8.01. The van der Waals surface area contributed by atoms with E-state index in [2.05, 4.69) is 5.32 Å². The molecule has 0 bridgehead atoms. The molecule has 7 heteroatoms. The second kappa shape index (κ2) is 4.98. The summed E-state index contributed by atoms with van der Waals surface area (Å²) >= 11 is 1.58. The van der Waals surface area contributed by atoms with E-state index in [1.807, 2.05) is 6.92 Å². The molecule has 112 valence electrons. The summed E-state index contributed by atoms with van der Waals surface area (Å²) < 4.78 is 26.0. The van der Waals surface area contributed by atoms with Gasteiger partial charge < -0.3 is 10.2 Å². The van der Waals surface area contributed by atoms with Crippen LogP contribution in [0, 0.1) is 11.6 Å². The van der Waals surface area contributed by atoms with Gasteiger partial charge in [-0.05, 0) is 25.5 Å². The number of carbonyl (C=O) groups is 2. The number of benzene rings is 1. The number of nitrogens with one attached hydrogen (secondary N) is 1. The molecule has 2 atom stereocenters. The maximum atomic E-state index is 13.1. The van der Waals surface area contributed by atoms with Crippen molar-refractivity contribution in [2.75, 3.05) is 11.1 Å².